The molecular weight excluding hydrogens is 330 g/mol. The van der Waals surface area contributed by atoms with Gasteiger partial charge in [0.25, 0.3) is 0 Å². The van der Waals surface area contributed by atoms with Crippen molar-refractivity contribution in [1.82, 2.24) is 0 Å². The fraction of sp³-hybridized carbons (Fsp3) is 0.286. The highest BCUT2D eigenvalue weighted by Gasteiger charge is 2.26. The predicted molar refractivity (Wildman–Crippen MR) is 98.6 cm³/mol. The topological polar surface area (TPSA) is 63.7 Å². The normalized spacial score (nSPS) is 13.8. The molecule has 5 heteroatoms. The van der Waals surface area contributed by atoms with Crippen LogP contribution in [-0.4, -0.2) is 30.8 Å². The zero-order chi connectivity index (χ0) is 18.7. The Morgan fingerprint density at radius 3 is 2.54 bits per heavy atom. The summed E-state index contributed by atoms with van der Waals surface area (Å²) in [6.07, 6.45) is 1.25. The second kappa shape index (κ2) is 7.52. The molecule has 1 aliphatic rings. The molecule has 0 aliphatic carbocycles. The molecule has 0 saturated carbocycles. The summed E-state index contributed by atoms with van der Waals surface area (Å²) in [4.78, 5) is 38.4. The number of ketones is 1. The third-order valence-corrected chi connectivity index (χ3v) is 4.50. The van der Waals surface area contributed by atoms with E-state index in [4.69, 9.17) is 4.74 Å². The van der Waals surface area contributed by atoms with Crippen LogP contribution >= 0.6 is 0 Å². The van der Waals surface area contributed by atoms with E-state index >= 15 is 0 Å². The Morgan fingerprint density at radius 2 is 1.85 bits per heavy atom. The molecule has 2 aromatic carbocycles. The van der Waals surface area contributed by atoms with Gasteiger partial charge in [-0.3, -0.25) is 9.59 Å². The number of esters is 1. The van der Waals surface area contributed by atoms with Crippen molar-refractivity contribution in [3.63, 3.8) is 0 Å². The molecule has 0 spiro atoms. The number of benzene rings is 2. The van der Waals surface area contributed by atoms with Crippen LogP contribution in [0.2, 0.25) is 0 Å². The number of aryl methyl sites for hydroxylation is 2. The SMILES string of the molecule is Cc1ccc(C(=O)COC(=O)c2ccccc2N2CCCC2=O)c(C)c1. The molecule has 0 aromatic heterocycles. The minimum absolute atomic E-state index is 0.00314. The molecule has 1 saturated heterocycles. The van der Waals surface area contributed by atoms with Gasteiger partial charge in [-0.15, -0.1) is 0 Å². The van der Waals surface area contributed by atoms with Crippen LogP contribution in [0.3, 0.4) is 0 Å². The van der Waals surface area contributed by atoms with Crippen LogP contribution < -0.4 is 4.90 Å². The van der Waals surface area contributed by atoms with E-state index in [0.717, 1.165) is 17.5 Å². The van der Waals surface area contributed by atoms with Gasteiger partial charge in [-0.25, -0.2) is 4.79 Å². The first-order valence-corrected chi connectivity index (χ1v) is 8.64. The van der Waals surface area contributed by atoms with E-state index in [1.165, 1.54) is 0 Å². The highest BCUT2D eigenvalue weighted by atomic mass is 16.5. The van der Waals surface area contributed by atoms with Gasteiger partial charge in [0.2, 0.25) is 11.7 Å². The smallest absolute Gasteiger partial charge is 0.340 e. The Balaban J connectivity index is 1.73. The molecule has 2 aromatic rings. The van der Waals surface area contributed by atoms with E-state index in [9.17, 15) is 14.4 Å². The van der Waals surface area contributed by atoms with Crippen molar-refractivity contribution in [3.05, 3.63) is 64.7 Å². The highest BCUT2D eigenvalue weighted by molar-refractivity contribution is 6.05. The lowest BCUT2D eigenvalue weighted by molar-refractivity contribution is -0.117. The summed E-state index contributed by atoms with van der Waals surface area (Å²) in [7, 11) is 0. The zero-order valence-corrected chi connectivity index (χ0v) is 15.0. The van der Waals surface area contributed by atoms with Crippen LogP contribution in [-0.2, 0) is 9.53 Å². The number of para-hydroxylation sites is 1. The van der Waals surface area contributed by atoms with Crippen molar-refractivity contribution < 1.29 is 19.1 Å². The summed E-state index contributed by atoms with van der Waals surface area (Å²) in [6, 6.07) is 12.4. The molecule has 3 rings (SSSR count). The van der Waals surface area contributed by atoms with Crippen LogP contribution in [0.5, 0.6) is 0 Å². The largest absolute Gasteiger partial charge is 0.454 e. The van der Waals surface area contributed by atoms with Crippen LogP contribution in [0.1, 0.15) is 44.7 Å². The van der Waals surface area contributed by atoms with E-state index in [1.54, 1.807) is 35.2 Å². The summed E-state index contributed by atoms with van der Waals surface area (Å²) >= 11 is 0. The Hall–Kier alpha value is -2.95. The Kier molecular flexibility index (Phi) is 5.16. The standard InChI is InChI=1S/C21H21NO4/c1-14-9-10-16(15(2)12-14)19(23)13-26-21(25)17-6-3-4-7-18(17)22-11-5-8-20(22)24/h3-4,6-7,9-10,12H,5,8,11,13H2,1-2H3. The third kappa shape index (κ3) is 3.67. The molecule has 1 aliphatic heterocycles. The molecule has 1 heterocycles. The first-order valence-electron chi connectivity index (χ1n) is 8.64. The first kappa shape index (κ1) is 17.9. The number of hydrogen-bond acceptors (Lipinski definition) is 4. The highest BCUT2D eigenvalue weighted by Crippen LogP contribution is 2.26. The van der Waals surface area contributed by atoms with Crippen molar-refractivity contribution in [2.24, 2.45) is 0 Å². The molecule has 0 unspecified atom stereocenters. The van der Waals surface area contributed by atoms with Gasteiger partial charge < -0.3 is 9.64 Å². The van der Waals surface area contributed by atoms with Crippen molar-refractivity contribution in [3.8, 4) is 0 Å². The average Bonchev–Trinajstić information content (AvgIpc) is 3.05. The number of ether oxygens (including phenoxy) is 1. The molecule has 26 heavy (non-hydrogen) atoms. The van der Waals surface area contributed by atoms with Crippen molar-refractivity contribution >= 4 is 23.3 Å². The van der Waals surface area contributed by atoms with Gasteiger partial charge in [-0.1, -0.05) is 35.9 Å². The Morgan fingerprint density at radius 1 is 1.08 bits per heavy atom. The maximum atomic E-state index is 12.5. The van der Waals surface area contributed by atoms with Crippen molar-refractivity contribution in [1.29, 1.82) is 0 Å². The van der Waals surface area contributed by atoms with Crippen LogP contribution in [0.15, 0.2) is 42.5 Å². The van der Waals surface area contributed by atoms with Gasteiger partial charge >= 0.3 is 5.97 Å². The number of carbonyl (C=O) groups excluding carboxylic acids is 3. The summed E-state index contributed by atoms with van der Waals surface area (Å²) in [5.74, 6) is -0.847. The molecule has 1 amide bonds. The van der Waals surface area contributed by atoms with E-state index in [-0.39, 0.29) is 18.3 Å². The number of anilines is 1. The summed E-state index contributed by atoms with van der Waals surface area (Å²) < 4.78 is 5.24. The Bertz CT molecular complexity index is 872. The number of rotatable bonds is 5. The molecular formula is C21H21NO4. The molecule has 0 atom stereocenters. The molecule has 1 fully saturated rings. The van der Waals surface area contributed by atoms with E-state index in [0.29, 0.717) is 29.8 Å². The fourth-order valence-electron chi connectivity index (χ4n) is 3.20. The molecule has 5 nitrogen and oxygen atoms in total. The van der Waals surface area contributed by atoms with Crippen molar-refractivity contribution in [2.75, 3.05) is 18.1 Å². The second-order valence-corrected chi connectivity index (χ2v) is 6.48. The summed E-state index contributed by atoms with van der Waals surface area (Å²) in [5, 5.41) is 0. The van der Waals surface area contributed by atoms with Gasteiger partial charge in [0, 0.05) is 18.5 Å². The van der Waals surface area contributed by atoms with Gasteiger partial charge in [-0.2, -0.15) is 0 Å². The Labute approximate surface area is 152 Å². The van der Waals surface area contributed by atoms with Crippen molar-refractivity contribution in [2.45, 2.75) is 26.7 Å². The molecule has 134 valence electrons. The van der Waals surface area contributed by atoms with E-state index in [1.807, 2.05) is 26.0 Å². The third-order valence-electron chi connectivity index (χ3n) is 4.50. The maximum Gasteiger partial charge on any atom is 0.340 e. The minimum Gasteiger partial charge on any atom is -0.454 e. The first-order chi connectivity index (χ1) is 12.5. The lowest BCUT2D eigenvalue weighted by Crippen LogP contribution is -2.26. The van der Waals surface area contributed by atoms with Gasteiger partial charge in [0.1, 0.15) is 0 Å². The monoisotopic (exact) mass is 351 g/mol. The van der Waals surface area contributed by atoms with E-state index < -0.39 is 5.97 Å². The molecule has 0 N–H and O–H groups in total. The summed E-state index contributed by atoms with van der Waals surface area (Å²) in [5.41, 5.74) is 3.32. The number of hydrogen-bond donors (Lipinski definition) is 0. The fourth-order valence-corrected chi connectivity index (χ4v) is 3.20. The second-order valence-electron chi connectivity index (χ2n) is 6.48. The summed E-state index contributed by atoms with van der Waals surface area (Å²) in [6.45, 7) is 4.07. The molecule has 0 bridgehead atoms. The van der Waals surface area contributed by atoms with Gasteiger partial charge in [0.05, 0.1) is 11.3 Å². The molecule has 0 radical (unpaired) electrons. The van der Waals surface area contributed by atoms with Gasteiger partial charge in [0.15, 0.2) is 6.61 Å². The van der Waals surface area contributed by atoms with Crippen LogP contribution in [0, 0.1) is 13.8 Å². The number of amides is 1. The average molecular weight is 351 g/mol. The quantitative estimate of drug-likeness (QED) is 0.611. The lowest BCUT2D eigenvalue weighted by atomic mass is 10.0. The maximum absolute atomic E-state index is 12.5. The number of nitrogens with zero attached hydrogens (tertiary/aromatic N) is 1. The lowest BCUT2D eigenvalue weighted by Gasteiger charge is -2.18. The number of Topliss-reactive ketones (excluding diaryl/α,β-unsaturated/α-hetero) is 1. The number of carbonyl (C=O) groups is 3. The minimum atomic E-state index is -0.599. The van der Waals surface area contributed by atoms with Gasteiger partial charge in [-0.05, 0) is 38.0 Å². The zero-order valence-electron chi connectivity index (χ0n) is 15.0. The van der Waals surface area contributed by atoms with Crippen LogP contribution in [0.4, 0.5) is 5.69 Å². The predicted octanol–water partition coefficient (Wildman–Crippen LogP) is 3.47. The van der Waals surface area contributed by atoms with Crippen LogP contribution in [0.25, 0.3) is 0 Å². The van der Waals surface area contributed by atoms with E-state index in [2.05, 4.69) is 0 Å².